The monoisotopic (exact) mass is 461 g/mol. The molecule has 3 aromatic rings. The molecule has 5 rings (SSSR count). The minimum Gasteiger partial charge on any atom is -0.390 e. The third-order valence-corrected chi connectivity index (χ3v) is 6.97. The zero-order valence-corrected chi connectivity index (χ0v) is 19.4. The maximum Gasteiger partial charge on any atom is 0.101 e. The molecule has 6 nitrogen and oxygen atoms in total. The van der Waals surface area contributed by atoms with E-state index in [9.17, 15) is 10.4 Å². The number of piperazine rings is 1. The lowest BCUT2D eigenvalue weighted by atomic mass is 10.1. The molecule has 1 saturated heterocycles. The topological polar surface area (TPSA) is 68.3 Å². The fourth-order valence-corrected chi connectivity index (χ4v) is 5.20. The third-order valence-electron chi connectivity index (χ3n) is 6.71. The van der Waals surface area contributed by atoms with Crippen LogP contribution in [0.25, 0.3) is 11.3 Å². The molecule has 2 heterocycles. The summed E-state index contributed by atoms with van der Waals surface area (Å²) in [5.74, 6) is 0. The third kappa shape index (κ3) is 4.63. The first-order chi connectivity index (χ1) is 16.1. The van der Waals surface area contributed by atoms with Gasteiger partial charge in [-0.2, -0.15) is 10.4 Å². The number of aliphatic hydroxyl groups excluding tert-OH is 1. The van der Waals surface area contributed by atoms with E-state index in [1.165, 1.54) is 11.3 Å². The van der Waals surface area contributed by atoms with Gasteiger partial charge in [-0.25, -0.2) is 0 Å². The van der Waals surface area contributed by atoms with E-state index in [2.05, 4.69) is 15.9 Å². The van der Waals surface area contributed by atoms with E-state index in [-0.39, 0.29) is 0 Å². The SMILES string of the molecule is N#Cc1ccccc1N1CCN(CC(O)Cn2nc(-c3ccc(Cl)cc3)c3c2CCC3)CC1. The molecule has 1 fully saturated rings. The number of nitriles is 1. The lowest BCUT2D eigenvalue weighted by molar-refractivity contribution is 0.0914. The number of para-hydroxylation sites is 1. The molecule has 0 spiro atoms. The first-order valence-corrected chi connectivity index (χ1v) is 12.0. The Morgan fingerprint density at radius 2 is 1.76 bits per heavy atom. The van der Waals surface area contributed by atoms with Gasteiger partial charge in [0.15, 0.2) is 0 Å². The first kappa shape index (κ1) is 22.0. The van der Waals surface area contributed by atoms with E-state index in [1.54, 1.807) is 0 Å². The van der Waals surface area contributed by atoms with Crippen LogP contribution in [0.5, 0.6) is 0 Å². The predicted octanol–water partition coefficient (Wildman–Crippen LogP) is 3.75. The fourth-order valence-electron chi connectivity index (χ4n) is 5.07. The lowest BCUT2D eigenvalue weighted by Crippen LogP contribution is -2.49. The number of aliphatic hydroxyl groups is 1. The molecular formula is C26H28ClN5O. The second-order valence-corrected chi connectivity index (χ2v) is 9.32. The number of nitrogens with zero attached hydrogens (tertiary/aromatic N) is 5. The molecule has 0 radical (unpaired) electrons. The van der Waals surface area contributed by atoms with E-state index in [1.807, 2.05) is 53.2 Å². The molecule has 1 aliphatic heterocycles. The number of β-amino-alcohol motifs (C(OH)–C–C–N with tert-alkyl or cyclic N) is 1. The van der Waals surface area contributed by atoms with Crippen LogP contribution in [0.3, 0.4) is 0 Å². The maximum absolute atomic E-state index is 10.9. The van der Waals surface area contributed by atoms with E-state index in [4.69, 9.17) is 16.7 Å². The van der Waals surface area contributed by atoms with Gasteiger partial charge in [-0.15, -0.1) is 0 Å². The predicted molar refractivity (Wildman–Crippen MR) is 131 cm³/mol. The summed E-state index contributed by atoms with van der Waals surface area (Å²) in [7, 11) is 0. The van der Waals surface area contributed by atoms with Crippen molar-refractivity contribution in [1.29, 1.82) is 5.26 Å². The lowest BCUT2D eigenvalue weighted by Gasteiger charge is -2.37. The van der Waals surface area contributed by atoms with Gasteiger partial charge >= 0.3 is 0 Å². The number of fused-ring (bicyclic) bond motifs is 1. The van der Waals surface area contributed by atoms with E-state index < -0.39 is 6.10 Å². The molecule has 170 valence electrons. The molecule has 1 atom stereocenters. The van der Waals surface area contributed by atoms with Crippen molar-refractivity contribution in [2.24, 2.45) is 0 Å². The second kappa shape index (κ2) is 9.56. The summed E-state index contributed by atoms with van der Waals surface area (Å²) in [6.07, 6.45) is 2.70. The fraction of sp³-hybridized carbons (Fsp3) is 0.385. The summed E-state index contributed by atoms with van der Waals surface area (Å²) in [4.78, 5) is 4.57. The highest BCUT2D eigenvalue weighted by Crippen LogP contribution is 2.32. The zero-order valence-electron chi connectivity index (χ0n) is 18.6. The van der Waals surface area contributed by atoms with Crippen LogP contribution < -0.4 is 4.90 Å². The highest BCUT2D eigenvalue weighted by molar-refractivity contribution is 6.30. The Balaban J connectivity index is 1.22. The van der Waals surface area contributed by atoms with Crippen LogP contribution in [0.2, 0.25) is 5.02 Å². The normalized spacial score (nSPS) is 17.1. The molecule has 1 N–H and O–H groups in total. The summed E-state index contributed by atoms with van der Waals surface area (Å²) < 4.78 is 2.02. The number of aromatic nitrogens is 2. The molecule has 7 heteroatoms. The molecule has 1 unspecified atom stereocenters. The molecule has 1 aromatic heterocycles. The number of benzene rings is 2. The summed E-state index contributed by atoms with van der Waals surface area (Å²) in [6, 6.07) is 17.9. The Bertz CT molecular complexity index is 1160. The minimum atomic E-state index is -0.481. The van der Waals surface area contributed by atoms with Gasteiger partial charge in [0, 0.05) is 54.6 Å². The van der Waals surface area contributed by atoms with Gasteiger partial charge in [-0.1, -0.05) is 35.9 Å². The van der Waals surface area contributed by atoms with Crippen LogP contribution in [0.15, 0.2) is 48.5 Å². The highest BCUT2D eigenvalue weighted by Gasteiger charge is 2.26. The Morgan fingerprint density at radius 1 is 1.00 bits per heavy atom. The van der Waals surface area contributed by atoms with E-state index in [0.29, 0.717) is 13.1 Å². The van der Waals surface area contributed by atoms with Gasteiger partial charge in [-0.3, -0.25) is 9.58 Å². The van der Waals surface area contributed by atoms with Crippen molar-refractivity contribution in [1.82, 2.24) is 14.7 Å². The van der Waals surface area contributed by atoms with Crippen LogP contribution in [0.4, 0.5) is 5.69 Å². The summed E-state index contributed by atoms with van der Waals surface area (Å²) in [5, 5.41) is 25.9. The molecule has 0 saturated carbocycles. The maximum atomic E-state index is 10.9. The average molecular weight is 462 g/mol. The van der Waals surface area contributed by atoms with Gasteiger partial charge in [-0.05, 0) is 43.5 Å². The van der Waals surface area contributed by atoms with Gasteiger partial charge in [0.2, 0.25) is 0 Å². The van der Waals surface area contributed by atoms with Gasteiger partial charge in [0.25, 0.3) is 0 Å². The van der Waals surface area contributed by atoms with Crippen LogP contribution in [-0.4, -0.2) is 58.6 Å². The second-order valence-electron chi connectivity index (χ2n) is 8.89. The number of hydrogen-bond acceptors (Lipinski definition) is 5. The Kier molecular flexibility index (Phi) is 6.37. The average Bonchev–Trinajstić information content (AvgIpc) is 3.44. The highest BCUT2D eigenvalue weighted by atomic mass is 35.5. The number of anilines is 1. The zero-order chi connectivity index (χ0) is 22.8. The van der Waals surface area contributed by atoms with Crippen LogP contribution in [0.1, 0.15) is 23.2 Å². The first-order valence-electron chi connectivity index (χ1n) is 11.6. The number of hydrogen-bond donors (Lipinski definition) is 1. The van der Waals surface area contributed by atoms with Crippen molar-refractivity contribution in [2.75, 3.05) is 37.6 Å². The molecule has 33 heavy (non-hydrogen) atoms. The number of halogens is 1. The van der Waals surface area contributed by atoms with Crippen LogP contribution in [0, 0.1) is 11.3 Å². The molecule has 0 amide bonds. The van der Waals surface area contributed by atoms with Crippen molar-refractivity contribution in [3.63, 3.8) is 0 Å². The van der Waals surface area contributed by atoms with Crippen molar-refractivity contribution < 1.29 is 5.11 Å². The molecule has 2 aromatic carbocycles. The van der Waals surface area contributed by atoms with Gasteiger partial charge < -0.3 is 10.0 Å². The number of rotatable bonds is 6. The smallest absolute Gasteiger partial charge is 0.101 e. The summed E-state index contributed by atoms with van der Waals surface area (Å²) in [6.45, 7) is 4.56. The molecule has 1 aliphatic carbocycles. The Morgan fingerprint density at radius 3 is 2.52 bits per heavy atom. The summed E-state index contributed by atoms with van der Waals surface area (Å²) >= 11 is 6.06. The van der Waals surface area contributed by atoms with Gasteiger partial charge in [0.05, 0.1) is 29.6 Å². The van der Waals surface area contributed by atoms with E-state index in [0.717, 1.165) is 73.0 Å². The van der Waals surface area contributed by atoms with Crippen molar-refractivity contribution in [3.8, 4) is 17.3 Å². The molecule has 0 bridgehead atoms. The van der Waals surface area contributed by atoms with Crippen molar-refractivity contribution >= 4 is 17.3 Å². The van der Waals surface area contributed by atoms with Crippen molar-refractivity contribution in [3.05, 3.63) is 70.4 Å². The van der Waals surface area contributed by atoms with E-state index >= 15 is 0 Å². The summed E-state index contributed by atoms with van der Waals surface area (Å²) in [5.41, 5.74) is 6.40. The largest absolute Gasteiger partial charge is 0.390 e. The van der Waals surface area contributed by atoms with Crippen molar-refractivity contribution in [2.45, 2.75) is 31.9 Å². The Labute approximate surface area is 199 Å². The van der Waals surface area contributed by atoms with Crippen LogP contribution in [-0.2, 0) is 19.4 Å². The quantitative estimate of drug-likeness (QED) is 0.605. The molecular weight excluding hydrogens is 434 g/mol. The minimum absolute atomic E-state index is 0.481. The molecule has 2 aliphatic rings. The van der Waals surface area contributed by atoms with Crippen LogP contribution >= 0.6 is 11.6 Å². The Hall–Kier alpha value is -2.85. The van der Waals surface area contributed by atoms with Gasteiger partial charge in [0.1, 0.15) is 6.07 Å². The standard InChI is InChI=1S/C26H28ClN5O/c27-21-10-8-19(9-11-21)26-23-5-3-7-25(23)32(29-26)18-22(33)17-30-12-14-31(15-13-30)24-6-2-1-4-20(24)16-28/h1-2,4,6,8-11,22,33H,3,5,7,12-15,17-18H2.